The van der Waals surface area contributed by atoms with Crippen LogP contribution in [0.25, 0.3) is 0 Å². The van der Waals surface area contributed by atoms with Gasteiger partial charge in [0.25, 0.3) is 21.4 Å². The number of anilines is 1. The van der Waals surface area contributed by atoms with Crippen LogP contribution in [0.4, 0.5) is 17.1 Å². The van der Waals surface area contributed by atoms with E-state index >= 15 is 0 Å². The van der Waals surface area contributed by atoms with Crippen LogP contribution >= 0.6 is 0 Å². The molecule has 0 aromatic heterocycles. The highest BCUT2D eigenvalue weighted by molar-refractivity contribution is 7.93. The summed E-state index contributed by atoms with van der Waals surface area (Å²) in [6, 6.07) is 6.89. The highest BCUT2D eigenvalue weighted by atomic mass is 32.2. The van der Waals surface area contributed by atoms with Gasteiger partial charge in [0.1, 0.15) is 6.54 Å². The Morgan fingerprint density at radius 2 is 1.53 bits per heavy atom. The third-order valence-electron chi connectivity index (χ3n) is 4.20. The predicted molar refractivity (Wildman–Crippen MR) is 107 cm³/mol. The number of esters is 1. The summed E-state index contributed by atoms with van der Waals surface area (Å²) in [5, 5.41) is 22.3. The molecular formula is C18H19N3O8S. The largest absolute Gasteiger partial charge is 0.465 e. The number of hydrogen-bond donors (Lipinski definition) is 0. The Hall–Kier alpha value is -3.54. The van der Waals surface area contributed by atoms with Gasteiger partial charge in [-0.2, -0.15) is 0 Å². The number of nitro benzene ring substituents is 2. The average Bonchev–Trinajstić information content (AvgIpc) is 2.66. The lowest BCUT2D eigenvalue weighted by molar-refractivity contribution is -0.385. The fraction of sp³-hybridized carbons (Fsp3) is 0.278. The molecule has 0 aliphatic rings. The Balaban J connectivity index is 2.73. The van der Waals surface area contributed by atoms with Crippen molar-refractivity contribution in [2.45, 2.75) is 25.7 Å². The van der Waals surface area contributed by atoms with E-state index in [4.69, 9.17) is 4.74 Å². The van der Waals surface area contributed by atoms with Crippen molar-refractivity contribution in [3.63, 3.8) is 0 Å². The van der Waals surface area contributed by atoms with Crippen LogP contribution in [0, 0.1) is 34.1 Å². The molecule has 0 amide bonds. The fourth-order valence-corrected chi connectivity index (χ4v) is 4.42. The van der Waals surface area contributed by atoms with Crippen molar-refractivity contribution in [3.05, 3.63) is 67.8 Å². The zero-order valence-corrected chi connectivity index (χ0v) is 17.2. The SMILES string of the molecule is CCOC(=O)CN(c1cc([N+](=O)[O-])ccc1C)S(=O)(=O)c1cc([N+](=O)[O-])ccc1C. The number of nitrogens with zero attached hydrogens (tertiary/aromatic N) is 3. The number of carbonyl (C=O) groups excluding carboxylic acids is 1. The average molecular weight is 437 g/mol. The number of rotatable bonds is 8. The number of hydrogen-bond acceptors (Lipinski definition) is 8. The molecule has 2 rings (SSSR count). The first-order valence-corrected chi connectivity index (χ1v) is 10.1. The van der Waals surface area contributed by atoms with E-state index in [0.29, 0.717) is 9.87 Å². The lowest BCUT2D eigenvalue weighted by atomic mass is 10.2. The van der Waals surface area contributed by atoms with Crippen molar-refractivity contribution in [2.24, 2.45) is 0 Å². The number of ether oxygens (including phenoxy) is 1. The number of benzene rings is 2. The molecule has 11 nitrogen and oxygen atoms in total. The predicted octanol–water partition coefficient (Wildman–Crippen LogP) is 2.88. The van der Waals surface area contributed by atoms with Gasteiger partial charge < -0.3 is 4.74 Å². The topological polar surface area (TPSA) is 150 Å². The van der Waals surface area contributed by atoms with E-state index in [9.17, 15) is 33.4 Å². The molecule has 0 fully saturated rings. The van der Waals surface area contributed by atoms with Gasteiger partial charge in [0.15, 0.2) is 0 Å². The van der Waals surface area contributed by atoms with E-state index in [0.717, 1.165) is 18.2 Å². The molecular weight excluding hydrogens is 418 g/mol. The molecule has 0 aliphatic heterocycles. The van der Waals surface area contributed by atoms with Crippen LogP contribution in [-0.2, 0) is 19.6 Å². The van der Waals surface area contributed by atoms with Crippen LogP contribution in [0.5, 0.6) is 0 Å². The summed E-state index contributed by atoms with van der Waals surface area (Å²) in [5.41, 5.74) is -0.390. The van der Waals surface area contributed by atoms with E-state index < -0.39 is 43.0 Å². The Kier molecular flexibility index (Phi) is 6.72. The second-order valence-electron chi connectivity index (χ2n) is 6.25. The summed E-state index contributed by atoms with van der Waals surface area (Å²) in [6.07, 6.45) is 0. The molecule has 2 aromatic rings. The second-order valence-corrected chi connectivity index (χ2v) is 8.08. The van der Waals surface area contributed by atoms with Crippen molar-refractivity contribution in [1.29, 1.82) is 0 Å². The second kappa shape index (κ2) is 8.86. The van der Waals surface area contributed by atoms with Gasteiger partial charge in [-0.25, -0.2) is 8.42 Å². The summed E-state index contributed by atoms with van der Waals surface area (Å²) in [7, 11) is -4.51. The third kappa shape index (κ3) is 4.71. The number of nitro groups is 2. The Bertz CT molecular complexity index is 1110. The molecule has 160 valence electrons. The van der Waals surface area contributed by atoms with E-state index in [1.165, 1.54) is 32.0 Å². The lowest BCUT2D eigenvalue weighted by Gasteiger charge is -2.25. The van der Waals surface area contributed by atoms with E-state index in [-0.39, 0.29) is 23.5 Å². The molecule has 0 N–H and O–H groups in total. The molecule has 30 heavy (non-hydrogen) atoms. The smallest absolute Gasteiger partial charge is 0.326 e. The first-order valence-electron chi connectivity index (χ1n) is 8.67. The van der Waals surface area contributed by atoms with Crippen molar-refractivity contribution >= 4 is 33.1 Å². The number of carbonyl (C=O) groups is 1. The fourth-order valence-electron chi connectivity index (χ4n) is 2.70. The summed E-state index contributed by atoms with van der Waals surface area (Å²) in [4.78, 5) is 32.6. The zero-order valence-electron chi connectivity index (χ0n) is 16.4. The first kappa shape index (κ1) is 22.7. The molecule has 0 heterocycles. The van der Waals surface area contributed by atoms with Gasteiger partial charge in [0, 0.05) is 24.3 Å². The Morgan fingerprint density at radius 1 is 1.00 bits per heavy atom. The quantitative estimate of drug-likeness (QED) is 0.347. The third-order valence-corrected chi connectivity index (χ3v) is 6.10. The zero-order chi connectivity index (χ0) is 22.6. The van der Waals surface area contributed by atoms with Crippen LogP contribution in [0.2, 0.25) is 0 Å². The molecule has 0 saturated heterocycles. The number of non-ortho nitro benzene ring substituents is 2. The molecule has 0 bridgehead atoms. The van der Waals surface area contributed by atoms with Gasteiger partial charge in [-0.3, -0.25) is 29.3 Å². The van der Waals surface area contributed by atoms with Crippen LogP contribution < -0.4 is 4.31 Å². The standard InChI is InChI=1S/C18H19N3O8S/c1-4-29-18(22)11-19(16-9-14(20(23)24)7-5-12(16)2)30(27,28)17-10-15(21(25)26)8-6-13(17)3/h5-10H,4,11H2,1-3H3. The normalized spacial score (nSPS) is 11.0. The maximum Gasteiger partial charge on any atom is 0.326 e. The van der Waals surface area contributed by atoms with Crippen molar-refractivity contribution < 1.29 is 27.8 Å². The lowest BCUT2D eigenvalue weighted by Crippen LogP contribution is -2.37. The maximum atomic E-state index is 13.4. The van der Waals surface area contributed by atoms with Gasteiger partial charge in [0.2, 0.25) is 0 Å². The Morgan fingerprint density at radius 3 is 2.07 bits per heavy atom. The minimum atomic E-state index is -4.51. The highest BCUT2D eigenvalue weighted by Gasteiger charge is 2.32. The van der Waals surface area contributed by atoms with Crippen molar-refractivity contribution in [1.82, 2.24) is 0 Å². The van der Waals surface area contributed by atoms with Crippen LogP contribution in [0.3, 0.4) is 0 Å². The van der Waals surface area contributed by atoms with Crippen LogP contribution in [0.15, 0.2) is 41.3 Å². The molecule has 12 heteroatoms. The van der Waals surface area contributed by atoms with Crippen LogP contribution in [-0.4, -0.2) is 37.4 Å². The minimum absolute atomic E-state index is 0.00349. The Labute approximate surface area is 172 Å². The molecule has 0 spiro atoms. The minimum Gasteiger partial charge on any atom is -0.465 e. The molecule has 0 aliphatic carbocycles. The molecule has 0 atom stereocenters. The molecule has 0 radical (unpaired) electrons. The van der Waals surface area contributed by atoms with Crippen LogP contribution in [0.1, 0.15) is 18.1 Å². The molecule has 0 saturated carbocycles. The summed E-state index contributed by atoms with van der Waals surface area (Å²) < 4.78 is 32.4. The van der Waals surface area contributed by atoms with Gasteiger partial charge in [-0.15, -0.1) is 0 Å². The maximum absolute atomic E-state index is 13.4. The number of sulfonamides is 1. The summed E-state index contributed by atoms with van der Waals surface area (Å²) >= 11 is 0. The summed E-state index contributed by atoms with van der Waals surface area (Å²) in [6.45, 7) is 3.74. The van der Waals surface area contributed by atoms with Gasteiger partial charge in [-0.1, -0.05) is 12.1 Å². The van der Waals surface area contributed by atoms with Gasteiger partial charge in [0.05, 0.1) is 27.0 Å². The van der Waals surface area contributed by atoms with Crippen molar-refractivity contribution in [3.8, 4) is 0 Å². The molecule has 0 unspecified atom stereocenters. The van der Waals surface area contributed by atoms with E-state index in [2.05, 4.69) is 0 Å². The first-order chi connectivity index (χ1) is 14.0. The van der Waals surface area contributed by atoms with E-state index in [1.807, 2.05) is 0 Å². The van der Waals surface area contributed by atoms with Gasteiger partial charge >= 0.3 is 5.97 Å². The summed E-state index contributed by atoms with van der Waals surface area (Å²) in [5.74, 6) is -0.880. The molecule has 2 aromatic carbocycles. The monoisotopic (exact) mass is 437 g/mol. The van der Waals surface area contributed by atoms with Gasteiger partial charge in [-0.05, 0) is 31.9 Å². The number of aryl methyl sites for hydroxylation is 2. The van der Waals surface area contributed by atoms with Crippen molar-refractivity contribution in [2.75, 3.05) is 17.5 Å². The van der Waals surface area contributed by atoms with E-state index in [1.54, 1.807) is 6.92 Å². The highest BCUT2D eigenvalue weighted by Crippen LogP contribution is 2.32.